The lowest BCUT2D eigenvalue weighted by atomic mass is 10.1. The van der Waals surface area contributed by atoms with Gasteiger partial charge in [-0.1, -0.05) is 18.1 Å². The summed E-state index contributed by atoms with van der Waals surface area (Å²) in [4.78, 5) is 6.42. The Labute approximate surface area is 148 Å². The highest BCUT2D eigenvalue weighted by Crippen LogP contribution is 2.38. The Morgan fingerprint density at radius 3 is 2.08 bits per heavy atom. The number of hydrogen-bond acceptors (Lipinski definition) is 4. The van der Waals surface area contributed by atoms with E-state index in [-0.39, 0.29) is 0 Å². The van der Waals surface area contributed by atoms with Gasteiger partial charge in [0.25, 0.3) is 0 Å². The number of aryl methyl sites for hydroxylation is 2. The van der Waals surface area contributed by atoms with Crippen LogP contribution in [0.4, 0.5) is 0 Å². The maximum Gasteiger partial charge on any atom is 0.122 e. The summed E-state index contributed by atoms with van der Waals surface area (Å²) in [7, 11) is 1.87. The summed E-state index contributed by atoms with van der Waals surface area (Å²) < 4.78 is 0. The van der Waals surface area contributed by atoms with Crippen LogP contribution in [-0.2, 0) is 7.05 Å². The number of thiophene rings is 2. The number of aromatic nitrogens is 3. The normalized spacial score (nSPS) is 10.8. The average Bonchev–Trinajstić information content (AvgIpc) is 3.26. The molecular weight excluding hydrogens is 334 g/mol. The summed E-state index contributed by atoms with van der Waals surface area (Å²) in [5.74, 6) is 6.07. The van der Waals surface area contributed by atoms with Gasteiger partial charge in [-0.05, 0) is 38.1 Å². The molecule has 118 valence electrons. The molecule has 0 fully saturated rings. The Hall–Kier alpha value is -2.42. The summed E-state index contributed by atoms with van der Waals surface area (Å²) in [6, 6.07) is 12.8. The maximum absolute atomic E-state index is 4.62. The summed E-state index contributed by atoms with van der Waals surface area (Å²) in [5, 5.41) is 9.24. The molecule has 5 heteroatoms. The first-order chi connectivity index (χ1) is 11.7. The molecule has 24 heavy (non-hydrogen) atoms. The molecule has 3 heterocycles. The lowest BCUT2D eigenvalue weighted by Gasteiger charge is -2.03. The van der Waals surface area contributed by atoms with E-state index < -0.39 is 0 Å². The second-order valence-corrected chi connectivity index (χ2v) is 7.87. The highest BCUT2D eigenvalue weighted by Gasteiger charge is 2.16. The van der Waals surface area contributed by atoms with Crippen LogP contribution in [0, 0.1) is 18.8 Å². The summed E-state index contributed by atoms with van der Waals surface area (Å²) in [6.07, 6.45) is 0. The van der Waals surface area contributed by atoms with Gasteiger partial charge in [0.2, 0.25) is 0 Å². The van der Waals surface area contributed by atoms with Gasteiger partial charge < -0.3 is 0 Å². The Kier molecular flexibility index (Phi) is 3.72. The van der Waals surface area contributed by atoms with Crippen LogP contribution in [0.15, 0.2) is 36.4 Å². The number of hydrogen-bond donors (Lipinski definition) is 0. The van der Waals surface area contributed by atoms with Crippen molar-refractivity contribution in [2.24, 2.45) is 7.05 Å². The second-order valence-electron chi connectivity index (χ2n) is 5.50. The number of fused-ring (bicyclic) bond motifs is 1. The summed E-state index contributed by atoms with van der Waals surface area (Å²) in [5.41, 5.74) is 4.15. The molecule has 0 unspecified atom stereocenters. The first kappa shape index (κ1) is 15.1. The third kappa shape index (κ3) is 2.54. The lowest BCUT2D eigenvalue weighted by Crippen LogP contribution is -1.90. The fraction of sp³-hybridized carbons (Fsp3) is 0.158. The molecule has 0 aliphatic heterocycles. The Morgan fingerprint density at radius 2 is 1.50 bits per heavy atom. The van der Waals surface area contributed by atoms with E-state index in [1.807, 2.05) is 14.0 Å². The molecule has 0 spiro atoms. The molecule has 3 nitrogen and oxygen atoms in total. The zero-order valence-electron chi connectivity index (χ0n) is 13.6. The predicted molar refractivity (Wildman–Crippen MR) is 102 cm³/mol. The third-order valence-corrected chi connectivity index (χ3v) is 5.83. The van der Waals surface area contributed by atoms with E-state index in [9.17, 15) is 0 Å². The Balaban J connectivity index is 1.93. The predicted octanol–water partition coefficient (Wildman–Crippen LogP) is 5.11. The molecule has 0 radical (unpaired) electrons. The van der Waals surface area contributed by atoms with Crippen LogP contribution in [0.3, 0.4) is 0 Å². The van der Waals surface area contributed by atoms with Gasteiger partial charge >= 0.3 is 0 Å². The Bertz CT molecular complexity index is 1100. The minimum Gasteiger partial charge on any atom is -0.187 e. The first-order valence-corrected chi connectivity index (χ1v) is 9.23. The number of rotatable bonds is 2. The summed E-state index contributed by atoms with van der Waals surface area (Å²) >= 11 is 3.48. The van der Waals surface area contributed by atoms with Crippen molar-refractivity contribution in [2.75, 3.05) is 0 Å². The molecule has 4 aromatic rings. The van der Waals surface area contributed by atoms with E-state index in [4.69, 9.17) is 0 Å². The standard InChI is InChI=1S/C19H15N3S2/c1-4-5-13-7-11-17(24-13)15-9-8-14(16-10-6-12(2)23-16)18-19(15)21-22(3)20-18/h6-11H,1-3H3. The molecular formula is C19H15N3S2. The zero-order chi connectivity index (χ0) is 16.7. The van der Waals surface area contributed by atoms with Gasteiger partial charge in [0.05, 0.1) is 4.88 Å². The molecule has 0 amide bonds. The van der Waals surface area contributed by atoms with Gasteiger partial charge in [-0.2, -0.15) is 15.0 Å². The molecule has 0 N–H and O–H groups in total. The van der Waals surface area contributed by atoms with Gasteiger partial charge in [-0.3, -0.25) is 0 Å². The molecule has 0 bridgehead atoms. The van der Waals surface area contributed by atoms with Crippen LogP contribution >= 0.6 is 22.7 Å². The van der Waals surface area contributed by atoms with Crippen molar-refractivity contribution in [3.05, 3.63) is 46.2 Å². The molecule has 0 aliphatic rings. The van der Waals surface area contributed by atoms with E-state index in [1.165, 1.54) is 14.6 Å². The van der Waals surface area contributed by atoms with Gasteiger partial charge in [0.1, 0.15) is 11.0 Å². The van der Waals surface area contributed by atoms with E-state index in [0.29, 0.717) is 0 Å². The highest BCUT2D eigenvalue weighted by molar-refractivity contribution is 7.16. The average molecular weight is 349 g/mol. The third-order valence-electron chi connectivity index (χ3n) is 3.77. The van der Waals surface area contributed by atoms with Crippen molar-refractivity contribution in [3.63, 3.8) is 0 Å². The van der Waals surface area contributed by atoms with Crippen LogP contribution in [-0.4, -0.2) is 15.0 Å². The lowest BCUT2D eigenvalue weighted by molar-refractivity contribution is 0.665. The van der Waals surface area contributed by atoms with Crippen LogP contribution < -0.4 is 0 Å². The van der Waals surface area contributed by atoms with Crippen molar-refractivity contribution in [1.29, 1.82) is 0 Å². The SMILES string of the molecule is CC#Cc1ccc(-c2ccc(-c3ccc(C)s3)c3nn(C)nc23)s1. The minimum absolute atomic E-state index is 0.943. The number of nitrogens with zero attached hydrogens (tertiary/aromatic N) is 3. The zero-order valence-corrected chi connectivity index (χ0v) is 15.3. The molecule has 0 aliphatic carbocycles. The molecule has 3 aromatic heterocycles. The van der Waals surface area contributed by atoms with Crippen LogP contribution in [0.2, 0.25) is 0 Å². The maximum atomic E-state index is 4.62. The molecule has 4 rings (SSSR count). The fourth-order valence-electron chi connectivity index (χ4n) is 2.74. The minimum atomic E-state index is 0.943. The van der Waals surface area contributed by atoms with Gasteiger partial charge in [-0.15, -0.1) is 28.6 Å². The van der Waals surface area contributed by atoms with Crippen LogP contribution in [0.5, 0.6) is 0 Å². The Morgan fingerprint density at radius 1 is 0.875 bits per heavy atom. The van der Waals surface area contributed by atoms with E-state index in [0.717, 1.165) is 27.0 Å². The van der Waals surface area contributed by atoms with E-state index in [2.05, 4.69) is 65.4 Å². The first-order valence-electron chi connectivity index (χ1n) is 7.59. The summed E-state index contributed by atoms with van der Waals surface area (Å²) in [6.45, 7) is 3.98. The van der Waals surface area contributed by atoms with Crippen molar-refractivity contribution in [3.8, 4) is 32.7 Å². The molecule has 1 aromatic carbocycles. The van der Waals surface area contributed by atoms with Crippen molar-refractivity contribution >= 4 is 33.7 Å². The fourth-order valence-corrected chi connectivity index (χ4v) is 4.57. The van der Waals surface area contributed by atoms with Crippen molar-refractivity contribution < 1.29 is 0 Å². The van der Waals surface area contributed by atoms with E-state index >= 15 is 0 Å². The van der Waals surface area contributed by atoms with Crippen LogP contribution in [0.25, 0.3) is 31.9 Å². The van der Waals surface area contributed by atoms with Crippen LogP contribution in [0.1, 0.15) is 16.7 Å². The number of benzene rings is 1. The highest BCUT2D eigenvalue weighted by atomic mass is 32.1. The quantitative estimate of drug-likeness (QED) is 0.471. The second kappa shape index (κ2) is 5.90. The van der Waals surface area contributed by atoms with Gasteiger partial charge in [-0.25, -0.2) is 0 Å². The molecule has 0 saturated carbocycles. The van der Waals surface area contributed by atoms with Crippen molar-refractivity contribution in [2.45, 2.75) is 13.8 Å². The van der Waals surface area contributed by atoms with E-state index in [1.54, 1.807) is 27.5 Å². The van der Waals surface area contributed by atoms with Crippen molar-refractivity contribution in [1.82, 2.24) is 15.0 Å². The van der Waals surface area contributed by atoms with Gasteiger partial charge in [0, 0.05) is 32.8 Å². The van der Waals surface area contributed by atoms with Gasteiger partial charge in [0.15, 0.2) is 0 Å². The monoisotopic (exact) mass is 349 g/mol. The molecule has 0 atom stereocenters. The largest absolute Gasteiger partial charge is 0.187 e. The smallest absolute Gasteiger partial charge is 0.122 e. The topological polar surface area (TPSA) is 30.7 Å². The molecule has 0 saturated heterocycles.